The van der Waals surface area contributed by atoms with Crippen LogP contribution < -0.4 is 5.32 Å². The molecule has 2 aromatic carbocycles. The Morgan fingerprint density at radius 3 is 2.70 bits per heavy atom. The van der Waals surface area contributed by atoms with Gasteiger partial charge in [0.1, 0.15) is 5.82 Å². The van der Waals surface area contributed by atoms with E-state index < -0.39 is 0 Å². The topological polar surface area (TPSA) is 12.0 Å². The Hall–Kier alpha value is -1.19. The highest BCUT2D eigenvalue weighted by Crippen LogP contribution is 2.29. The second-order valence-corrected chi connectivity index (χ2v) is 5.82. The number of hydrogen-bond acceptors (Lipinski definition) is 1. The van der Waals surface area contributed by atoms with Crippen molar-refractivity contribution in [2.75, 3.05) is 6.54 Å². The minimum atomic E-state index is -0.199. The van der Waals surface area contributed by atoms with Crippen molar-refractivity contribution in [3.05, 3.63) is 69.4 Å². The SMILES string of the molecule is CCCNC(c1cccc(F)c1)c1cc(C)ccc1Br. The molecule has 0 fully saturated rings. The Bertz CT molecular complexity index is 583. The molecule has 0 aliphatic rings. The molecule has 0 bridgehead atoms. The molecule has 0 saturated carbocycles. The first-order valence-electron chi connectivity index (χ1n) is 6.86. The number of hydrogen-bond donors (Lipinski definition) is 1. The largest absolute Gasteiger partial charge is 0.306 e. The van der Waals surface area contributed by atoms with Crippen LogP contribution in [0.2, 0.25) is 0 Å². The Labute approximate surface area is 128 Å². The molecule has 0 radical (unpaired) electrons. The predicted octanol–water partition coefficient (Wildman–Crippen LogP) is 4.99. The standard InChI is InChI=1S/C17H19BrFN/c1-3-9-20-17(13-5-4-6-14(19)11-13)15-10-12(2)7-8-16(15)18/h4-8,10-11,17,20H,3,9H2,1-2H3. The Kier molecular flexibility index (Phi) is 5.32. The summed E-state index contributed by atoms with van der Waals surface area (Å²) in [6, 6.07) is 13.1. The molecule has 2 rings (SSSR count). The van der Waals surface area contributed by atoms with Crippen LogP contribution >= 0.6 is 15.9 Å². The van der Waals surface area contributed by atoms with Gasteiger partial charge in [0.05, 0.1) is 6.04 Å². The van der Waals surface area contributed by atoms with Gasteiger partial charge in [-0.15, -0.1) is 0 Å². The summed E-state index contributed by atoms with van der Waals surface area (Å²) in [6.45, 7) is 5.08. The minimum Gasteiger partial charge on any atom is -0.306 e. The highest BCUT2D eigenvalue weighted by molar-refractivity contribution is 9.10. The van der Waals surface area contributed by atoms with Gasteiger partial charge >= 0.3 is 0 Å². The van der Waals surface area contributed by atoms with E-state index in [1.807, 2.05) is 12.1 Å². The quantitative estimate of drug-likeness (QED) is 0.811. The van der Waals surface area contributed by atoms with Crippen LogP contribution in [0.25, 0.3) is 0 Å². The van der Waals surface area contributed by atoms with Gasteiger partial charge in [-0.05, 0) is 49.2 Å². The van der Waals surface area contributed by atoms with E-state index in [1.165, 1.54) is 11.6 Å². The van der Waals surface area contributed by atoms with Crippen molar-refractivity contribution in [3.63, 3.8) is 0 Å². The number of halogens is 2. The van der Waals surface area contributed by atoms with Crippen molar-refractivity contribution in [1.29, 1.82) is 0 Å². The average molecular weight is 336 g/mol. The third-order valence-corrected chi connectivity index (χ3v) is 3.97. The normalized spacial score (nSPS) is 12.4. The first kappa shape index (κ1) is 15.2. The Morgan fingerprint density at radius 1 is 1.20 bits per heavy atom. The molecule has 0 saturated heterocycles. The average Bonchev–Trinajstić information content (AvgIpc) is 2.43. The molecule has 2 aromatic rings. The van der Waals surface area contributed by atoms with Crippen molar-refractivity contribution in [2.45, 2.75) is 26.3 Å². The van der Waals surface area contributed by atoms with Crippen LogP contribution in [0.3, 0.4) is 0 Å². The number of nitrogens with one attached hydrogen (secondary N) is 1. The summed E-state index contributed by atoms with van der Waals surface area (Å²) >= 11 is 3.61. The lowest BCUT2D eigenvalue weighted by Gasteiger charge is -2.21. The maximum atomic E-state index is 13.5. The van der Waals surface area contributed by atoms with Crippen LogP contribution in [-0.4, -0.2) is 6.54 Å². The zero-order valence-corrected chi connectivity index (χ0v) is 13.4. The minimum absolute atomic E-state index is 0.0000694. The molecule has 106 valence electrons. The van der Waals surface area contributed by atoms with Crippen molar-refractivity contribution >= 4 is 15.9 Å². The molecule has 0 spiro atoms. The summed E-state index contributed by atoms with van der Waals surface area (Å²) in [4.78, 5) is 0. The highest BCUT2D eigenvalue weighted by Gasteiger charge is 2.16. The fourth-order valence-electron chi connectivity index (χ4n) is 2.27. The first-order chi connectivity index (χ1) is 9.61. The van der Waals surface area contributed by atoms with Crippen LogP contribution in [0.15, 0.2) is 46.9 Å². The molecule has 0 aliphatic carbocycles. The fourth-order valence-corrected chi connectivity index (χ4v) is 2.74. The highest BCUT2D eigenvalue weighted by atomic mass is 79.9. The van der Waals surface area contributed by atoms with Crippen LogP contribution in [0.5, 0.6) is 0 Å². The maximum Gasteiger partial charge on any atom is 0.123 e. The molecule has 1 unspecified atom stereocenters. The molecule has 20 heavy (non-hydrogen) atoms. The zero-order valence-electron chi connectivity index (χ0n) is 11.8. The predicted molar refractivity (Wildman–Crippen MR) is 85.4 cm³/mol. The molecule has 1 N–H and O–H groups in total. The summed E-state index contributed by atoms with van der Waals surface area (Å²) in [5, 5.41) is 3.50. The molecule has 0 aromatic heterocycles. The van der Waals surface area contributed by atoms with Gasteiger partial charge in [0, 0.05) is 4.47 Å². The van der Waals surface area contributed by atoms with Crippen molar-refractivity contribution in [2.24, 2.45) is 0 Å². The maximum absolute atomic E-state index is 13.5. The van der Waals surface area contributed by atoms with Gasteiger partial charge < -0.3 is 5.32 Å². The summed E-state index contributed by atoms with van der Waals surface area (Å²) in [6.07, 6.45) is 1.04. The lowest BCUT2D eigenvalue weighted by Crippen LogP contribution is -2.23. The smallest absolute Gasteiger partial charge is 0.123 e. The van der Waals surface area contributed by atoms with Gasteiger partial charge in [-0.1, -0.05) is 52.7 Å². The van der Waals surface area contributed by atoms with Gasteiger partial charge in [-0.3, -0.25) is 0 Å². The van der Waals surface area contributed by atoms with E-state index in [2.05, 4.69) is 47.2 Å². The van der Waals surface area contributed by atoms with Gasteiger partial charge in [0.2, 0.25) is 0 Å². The van der Waals surface area contributed by atoms with Gasteiger partial charge in [0.15, 0.2) is 0 Å². The third-order valence-electron chi connectivity index (χ3n) is 3.24. The zero-order chi connectivity index (χ0) is 14.5. The van der Waals surface area contributed by atoms with Gasteiger partial charge in [-0.25, -0.2) is 4.39 Å². The van der Waals surface area contributed by atoms with Crippen LogP contribution in [-0.2, 0) is 0 Å². The van der Waals surface area contributed by atoms with Crippen molar-refractivity contribution in [3.8, 4) is 0 Å². The number of aryl methyl sites for hydroxylation is 1. The molecular weight excluding hydrogens is 317 g/mol. The molecule has 1 nitrogen and oxygen atoms in total. The summed E-state index contributed by atoms with van der Waals surface area (Å²) in [5.41, 5.74) is 3.29. The number of rotatable bonds is 5. The van der Waals surface area contributed by atoms with E-state index >= 15 is 0 Å². The van der Waals surface area contributed by atoms with E-state index in [0.29, 0.717) is 0 Å². The molecular formula is C17H19BrFN. The summed E-state index contributed by atoms with van der Waals surface area (Å²) in [5.74, 6) is -0.199. The van der Waals surface area contributed by atoms with Crippen LogP contribution in [0.1, 0.15) is 36.1 Å². The molecule has 0 amide bonds. The van der Waals surface area contributed by atoms with E-state index in [1.54, 1.807) is 12.1 Å². The van der Waals surface area contributed by atoms with Crippen LogP contribution in [0.4, 0.5) is 4.39 Å². The molecule has 1 atom stereocenters. The third kappa shape index (κ3) is 3.68. The Morgan fingerprint density at radius 2 is 2.00 bits per heavy atom. The lowest BCUT2D eigenvalue weighted by atomic mass is 9.97. The Balaban J connectivity index is 2.44. The first-order valence-corrected chi connectivity index (χ1v) is 7.66. The van der Waals surface area contributed by atoms with Gasteiger partial charge in [-0.2, -0.15) is 0 Å². The summed E-state index contributed by atoms with van der Waals surface area (Å²) < 4.78 is 14.5. The lowest BCUT2D eigenvalue weighted by molar-refractivity contribution is 0.584. The second kappa shape index (κ2) is 7.00. The second-order valence-electron chi connectivity index (χ2n) is 4.97. The van der Waals surface area contributed by atoms with E-state index in [4.69, 9.17) is 0 Å². The van der Waals surface area contributed by atoms with E-state index in [-0.39, 0.29) is 11.9 Å². The number of benzene rings is 2. The summed E-state index contributed by atoms with van der Waals surface area (Å²) in [7, 11) is 0. The van der Waals surface area contributed by atoms with Crippen molar-refractivity contribution < 1.29 is 4.39 Å². The van der Waals surface area contributed by atoms with E-state index in [0.717, 1.165) is 28.6 Å². The van der Waals surface area contributed by atoms with E-state index in [9.17, 15) is 4.39 Å². The van der Waals surface area contributed by atoms with Crippen LogP contribution in [0, 0.1) is 12.7 Å². The molecule has 3 heteroatoms. The fraction of sp³-hybridized carbons (Fsp3) is 0.294. The van der Waals surface area contributed by atoms with Crippen molar-refractivity contribution in [1.82, 2.24) is 5.32 Å². The van der Waals surface area contributed by atoms with Gasteiger partial charge in [0.25, 0.3) is 0 Å². The monoisotopic (exact) mass is 335 g/mol. The molecule has 0 heterocycles. The molecule has 0 aliphatic heterocycles.